The Morgan fingerprint density at radius 3 is 2.70 bits per heavy atom. The van der Waals surface area contributed by atoms with E-state index in [1.165, 1.54) is 6.07 Å². The van der Waals surface area contributed by atoms with Gasteiger partial charge in [-0.1, -0.05) is 0 Å². The van der Waals surface area contributed by atoms with Crippen LogP contribution in [0, 0.1) is 0 Å². The van der Waals surface area contributed by atoms with E-state index in [0.717, 1.165) is 30.8 Å². The molecule has 0 unspecified atom stereocenters. The number of aromatic amines is 1. The molecule has 1 aromatic heterocycles. The molecule has 0 bridgehead atoms. The van der Waals surface area contributed by atoms with Crippen molar-refractivity contribution in [3.63, 3.8) is 0 Å². The third-order valence-electron chi connectivity index (χ3n) is 2.76. The molecule has 2 aromatic rings. The van der Waals surface area contributed by atoms with Crippen LogP contribution in [0.4, 0.5) is 18.9 Å². The Hall–Kier alpha value is -1.50. The minimum absolute atomic E-state index is 0.408. The van der Waals surface area contributed by atoms with Gasteiger partial charge in [-0.15, -0.1) is 0 Å². The van der Waals surface area contributed by atoms with Gasteiger partial charge in [-0.05, 0) is 40.5 Å². The maximum atomic E-state index is 12.5. The van der Waals surface area contributed by atoms with Gasteiger partial charge >= 0.3 is 6.18 Å². The van der Waals surface area contributed by atoms with Gasteiger partial charge in [0.25, 0.3) is 0 Å². The molecule has 7 heteroatoms. The molecule has 0 spiro atoms. The number of rotatable bonds is 5. The molecule has 0 fully saturated rings. The standard InChI is InChI=1S/C13H13BrF3N3/c14-10-8-9(13(15,16)17)3-4-11(10)18-5-1-2-12-19-6-7-20-12/h3-4,6-8,18H,1-2,5H2,(H,19,20). The lowest BCUT2D eigenvalue weighted by Gasteiger charge is -2.11. The maximum absolute atomic E-state index is 12.5. The number of hydrogen-bond donors (Lipinski definition) is 2. The Balaban J connectivity index is 1.87. The molecule has 0 atom stereocenters. The number of benzene rings is 1. The third-order valence-corrected chi connectivity index (χ3v) is 3.41. The van der Waals surface area contributed by atoms with Gasteiger partial charge in [-0.25, -0.2) is 4.98 Å². The molecule has 1 heterocycles. The summed E-state index contributed by atoms with van der Waals surface area (Å²) in [4.78, 5) is 7.10. The van der Waals surface area contributed by atoms with Gasteiger partial charge in [0.2, 0.25) is 0 Å². The molecule has 0 amide bonds. The summed E-state index contributed by atoms with van der Waals surface area (Å²) in [6, 6.07) is 3.58. The minimum atomic E-state index is -4.32. The van der Waals surface area contributed by atoms with Crippen molar-refractivity contribution in [1.82, 2.24) is 9.97 Å². The van der Waals surface area contributed by atoms with E-state index in [4.69, 9.17) is 0 Å². The predicted octanol–water partition coefficient (Wildman–Crippen LogP) is 4.24. The van der Waals surface area contributed by atoms with Crippen molar-refractivity contribution < 1.29 is 13.2 Å². The van der Waals surface area contributed by atoms with Crippen molar-refractivity contribution in [2.45, 2.75) is 19.0 Å². The lowest BCUT2D eigenvalue weighted by molar-refractivity contribution is -0.137. The number of alkyl halides is 3. The van der Waals surface area contributed by atoms with Gasteiger partial charge in [0.1, 0.15) is 5.82 Å². The zero-order valence-corrected chi connectivity index (χ0v) is 12.1. The summed E-state index contributed by atoms with van der Waals surface area (Å²) in [5.41, 5.74) is -0.0112. The predicted molar refractivity (Wildman–Crippen MR) is 74.5 cm³/mol. The Labute approximate surface area is 122 Å². The summed E-state index contributed by atoms with van der Waals surface area (Å²) in [6.45, 7) is 0.657. The second-order valence-corrected chi connectivity index (χ2v) is 5.11. The molecular weight excluding hydrogens is 335 g/mol. The van der Waals surface area contributed by atoms with Crippen LogP contribution < -0.4 is 5.32 Å². The fraction of sp³-hybridized carbons (Fsp3) is 0.308. The van der Waals surface area contributed by atoms with Crippen molar-refractivity contribution in [3.05, 3.63) is 46.5 Å². The number of nitrogens with one attached hydrogen (secondary N) is 2. The minimum Gasteiger partial charge on any atom is -0.384 e. The normalized spacial score (nSPS) is 11.6. The molecule has 2 N–H and O–H groups in total. The molecular formula is C13H13BrF3N3. The van der Waals surface area contributed by atoms with Crippen molar-refractivity contribution in [2.24, 2.45) is 0 Å². The van der Waals surface area contributed by atoms with Gasteiger partial charge in [0, 0.05) is 35.5 Å². The Bertz CT molecular complexity index is 552. The fourth-order valence-corrected chi connectivity index (χ4v) is 2.27. The average Bonchev–Trinajstić information content (AvgIpc) is 2.88. The van der Waals surface area contributed by atoms with Crippen molar-refractivity contribution in [2.75, 3.05) is 11.9 Å². The summed E-state index contributed by atoms with van der Waals surface area (Å²) in [5.74, 6) is 0.901. The molecule has 3 nitrogen and oxygen atoms in total. The number of aromatic nitrogens is 2. The Kier molecular flexibility index (Phi) is 4.69. The quantitative estimate of drug-likeness (QED) is 0.794. The summed E-state index contributed by atoms with van der Waals surface area (Å²) >= 11 is 3.15. The number of imidazole rings is 1. The van der Waals surface area contributed by atoms with E-state index in [1.807, 2.05) is 0 Å². The summed E-state index contributed by atoms with van der Waals surface area (Å²) in [7, 11) is 0. The van der Waals surface area contributed by atoms with Gasteiger partial charge in [0.15, 0.2) is 0 Å². The van der Waals surface area contributed by atoms with Crippen LogP contribution in [-0.4, -0.2) is 16.5 Å². The third kappa shape index (κ3) is 4.00. The Morgan fingerprint density at radius 2 is 2.10 bits per heavy atom. The van der Waals surface area contributed by atoms with Crippen molar-refractivity contribution in [3.8, 4) is 0 Å². The van der Waals surface area contributed by atoms with Crippen LogP contribution in [0.15, 0.2) is 35.1 Å². The van der Waals surface area contributed by atoms with Crippen LogP contribution in [0.5, 0.6) is 0 Å². The highest BCUT2D eigenvalue weighted by atomic mass is 79.9. The first-order chi connectivity index (χ1) is 9.47. The highest BCUT2D eigenvalue weighted by Gasteiger charge is 2.30. The first kappa shape index (κ1) is 14.9. The van der Waals surface area contributed by atoms with E-state index in [1.54, 1.807) is 12.4 Å². The number of aryl methyl sites for hydroxylation is 1. The van der Waals surface area contributed by atoms with Crippen LogP contribution in [-0.2, 0) is 12.6 Å². The van der Waals surface area contributed by atoms with Crippen molar-refractivity contribution >= 4 is 21.6 Å². The lowest BCUT2D eigenvalue weighted by atomic mass is 10.2. The molecule has 0 aliphatic carbocycles. The molecule has 108 valence electrons. The number of halogens is 4. The van der Waals surface area contributed by atoms with E-state index in [0.29, 0.717) is 16.7 Å². The van der Waals surface area contributed by atoms with E-state index >= 15 is 0 Å². The smallest absolute Gasteiger partial charge is 0.384 e. The number of hydrogen-bond acceptors (Lipinski definition) is 2. The van der Waals surface area contributed by atoms with Gasteiger partial charge < -0.3 is 10.3 Å². The molecule has 0 aliphatic heterocycles. The maximum Gasteiger partial charge on any atom is 0.416 e. The van der Waals surface area contributed by atoms with Crippen LogP contribution in [0.3, 0.4) is 0 Å². The first-order valence-corrected chi connectivity index (χ1v) is 6.85. The van der Waals surface area contributed by atoms with Gasteiger partial charge in [0.05, 0.1) is 5.56 Å². The second-order valence-electron chi connectivity index (χ2n) is 4.26. The zero-order chi connectivity index (χ0) is 14.6. The van der Waals surface area contributed by atoms with Gasteiger partial charge in [-0.3, -0.25) is 0 Å². The van der Waals surface area contributed by atoms with Crippen LogP contribution in [0.25, 0.3) is 0 Å². The van der Waals surface area contributed by atoms with E-state index in [9.17, 15) is 13.2 Å². The molecule has 1 aromatic carbocycles. The Morgan fingerprint density at radius 1 is 1.30 bits per heavy atom. The molecule has 2 rings (SSSR count). The molecule has 0 radical (unpaired) electrons. The average molecular weight is 348 g/mol. The number of nitrogens with zero attached hydrogens (tertiary/aromatic N) is 1. The van der Waals surface area contributed by atoms with Crippen LogP contribution in [0.2, 0.25) is 0 Å². The largest absolute Gasteiger partial charge is 0.416 e. The highest BCUT2D eigenvalue weighted by Crippen LogP contribution is 2.33. The second kappa shape index (κ2) is 6.30. The molecule has 20 heavy (non-hydrogen) atoms. The fourth-order valence-electron chi connectivity index (χ4n) is 1.75. The molecule has 0 saturated carbocycles. The van der Waals surface area contributed by atoms with E-state index in [2.05, 4.69) is 31.2 Å². The SMILES string of the molecule is FC(F)(F)c1ccc(NCCCc2ncc[nH]2)c(Br)c1. The monoisotopic (exact) mass is 347 g/mol. The van der Waals surface area contributed by atoms with Gasteiger partial charge in [-0.2, -0.15) is 13.2 Å². The molecule has 0 saturated heterocycles. The summed E-state index contributed by atoms with van der Waals surface area (Å²) < 4.78 is 37.9. The summed E-state index contributed by atoms with van der Waals surface area (Å²) in [5, 5.41) is 3.10. The van der Waals surface area contributed by atoms with Crippen LogP contribution in [0.1, 0.15) is 17.8 Å². The molecule has 0 aliphatic rings. The topological polar surface area (TPSA) is 40.7 Å². The zero-order valence-electron chi connectivity index (χ0n) is 10.5. The number of anilines is 1. The van der Waals surface area contributed by atoms with Crippen LogP contribution >= 0.6 is 15.9 Å². The summed E-state index contributed by atoms with van der Waals surface area (Å²) in [6.07, 6.45) is 0.754. The highest BCUT2D eigenvalue weighted by molar-refractivity contribution is 9.10. The van der Waals surface area contributed by atoms with E-state index in [-0.39, 0.29) is 0 Å². The van der Waals surface area contributed by atoms with E-state index < -0.39 is 11.7 Å². The first-order valence-electron chi connectivity index (χ1n) is 6.05. The lowest BCUT2D eigenvalue weighted by Crippen LogP contribution is -2.07. The number of H-pyrrole nitrogens is 1. The van der Waals surface area contributed by atoms with Crippen molar-refractivity contribution in [1.29, 1.82) is 0 Å².